The lowest BCUT2D eigenvalue weighted by molar-refractivity contribution is 0.628. The molecule has 0 amide bonds. The Kier molecular flexibility index (Phi) is 5.25. The van der Waals surface area contributed by atoms with E-state index in [9.17, 15) is 0 Å². The molecule has 0 aliphatic heterocycles. The second kappa shape index (κ2) is 6.73. The van der Waals surface area contributed by atoms with Crippen LogP contribution < -0.4 is 5.32 Å². The summed E-state index contributed by atoms with van der Waals surface area (Å²) >= 11 is 8.51. The van der Waals surface area contributed by atoms with Gasteiger partial charge in [-0.3, -0.25) is 0 Å². The highest BCUT2D eigenvalue weighted by Gasteiger charge is 2.16. The second-order valence-corrected chi connectivity index (χ2v) is 6.17. The lowest BCUT2D eigenvalue weighted by Crippen LogP contribution is -2.22. The molecule has 0 radical (unpaired) electrons. The van der Waals surface area contributed by atoms with Crippen molar-refractivity contribution in [3.8, 4) is 0 Å². The summed E-state index contributed by atoms with van der Waals surface area (Å²) < 4.78 is 1.23. The quantitative estimate of drug-likeness (QED) is 0.734. The van der Waals surface area contributed by atoms with Crippen LogP contribution >= 0.6 is 34.2 Å². The zero-order valence-electron chi connectivity index (χ0n) is 11.1. The van der Waals surface area contributed by atoms with Gasteiger partial charge in [-0.2, -0.15) is 0 Å². The van der Waals surface area contributed by atoms with Crippen molar-refractivity contribution in [1.29, 1.82) is 0 Å². The van der Waals surface area contributed by atoms with Gasteiger partial charge < -0.3 is 5.32 Å². The Hall–Kier alpha value is -0.580. The van der Waals surface area contributed by atoms with E-state index in [-0.39, 0.29) is 6.04 Å². The summed E-state index contributed by atoms with van der Waals surface area (Å²) in [6, 6.07) is 14.9. The molecule has 1 atom stereocenters. The summed E-state index contributed by atoms with van der Waals surface area (Å²) in [4.78, 5) is 0. The fourth-order valence-electron chi connectivity index (χ4n) is 2.11. The lowest BCUT2D eigenvalue weighted by Gasteiger charge is -2.21. The summed E-state index contributed by atoms with van der Waals surface area (Å²) in [6.45, 7) is 5.15. The van der Waals surface area contributed by atoms with Gasteiger partial charge in [0, 0.05) is 8.59 Å². The molecule has 2 rings (SSSR count). The van der Waals surface area contributed by atoms with Crippen LogP contribution in [0.5, 0.6) is 0 Å². The number of aryl methyl sites for hydroxylation is 1. The van der Waals surface area contributed by atoms with E-state index in [1.165, 1.54) is 20.3 Å². The van der Waals surface area contributed by atoms with Crippen molar-refractivity contribution in [2.45, 2.75) is 19.9 Å². The Morgan fingerprint density at radius 2 is 1.84 bits per heavy atom. The number of hydrogen-bond donors (Lipinski definition) is 1. The van der Waals surface area contributed by atoms with Crippen LogP contribution in [0.25, 0.3) is 0 Å². The Morgan fingerprint density at radius 1 is 1.16 bits per heavy atom. The predicted octanol–water partition coefficient (Wildman–Crippen LogP) is 4.95. The molecule has 0 bridgehead atoms. The summed E-state index contributed by atoms with van der Waals surface area (Å²) in [6.07, 6.45) is 0. The van der Waals surface area contributed by atoms with Crippen LogP contribution in [0.4, 0.5) is 0 Å². The van der Waals surface area contributed by atoms with Gasteiger partial charge >= 0.3 is 0 Å². The molecule has 100 valence electrons. The molecular formula is C16H17ClIN. The van der Waals surface area contributed by atoms with Crippen molar-refractivity contribution >= 4 is 34.2 Å². The van der Waals surface area contributed by atoms with Crippen molar-refractivity contribution in [2.75, 3.05) is 6.54 Å². The summed E-state index contributed by atoms with van der Waals surface area (Å²) in [5.41, 5.74) is 3.78. The molecule has 0 aromatic heterocycles. The van der Waals surface area contributed by atoms with Crippen molar-refractivity contribution in [3.05, 3.63) is 67.7 Å². The fourth-order valence-corrected chi connectivity index (χ4v) is 2.93. The van der Waals surface area contributed by atoms with E-state index in [4.69, 9.17) is 11.6 Å². The van der Waals surface area contributed by atoms with E-state index >= 15 is 0 Å². The first-order valence-electron chi connectivity index (χ1n) is 6.36. The van der Waals surface area contributed by atoms with E-state index in [1.807, 2.05) is 6.07 Å². The molecule has 1 N–H and O–H groups in total. The minimum absolute atomic E-state index is 0.191. The smallest absolute Gasteiger partial charge is 0.0587 e. The topological polar surface area (TPSA) is 12.0 Å². The van der Waals surface area contributed by atoms with E-state index in [0.717, 1.165) is 11.6 Å². The molecule has 0 aliphatic carbocycles. The number of nitrogens with one attached hydrogen (secondary N) is 1. The van der Waals surface area contributed by atoms with Crippen molar-refractivity contribution in [3.63, 3.8) is 0 Å². The number of benzene rings is 2. The van der Waals surface area contributed by atoms with Crippen LogP contribution in [0.2, 0.25) is 5.02 Å². The van der Waals surface area contributed by atoms with E-state index in [2.05, 4.69) is 78.2 Å². The van der Waals surface area contributed by atoms with Gasteiger partial charge in [-0.15, -0.1) is 0 Å². The lowest BCUT2D eigenvalue weighted by atomic mass is 9.98. The maximum Gasteiger partial charge on any atom is 0.0587 e. The molecule has 0 spiro atoms. The Balaban J connectivity index is 2.44. The van der Waals surface area contributed by atoms with Gasteiger partial charge in [0.1, 0.15) is 0 Å². The van der Waals surface area contributed by atoms with Gasteiger partial charge in [0.15, 0.2) is 0 Å². The van der Waals surface area contributed by atoms with Crippen molar-refractivity contribution in [2.24, 2.45) is 0 Å². The molecule has 0 heterocycles. The van der Waals surface area contributed by atoms with E-state index in [1.54, 1.807) is 0 Å². The number of hydrogen-bond acceptors (Lipinski definition) is 1. The van der Waals surface area contributed by atoms with Gasteiger partial charge in [0.05, 0.1) is 6.04 Å². The SMILES string of the molecule is CCNC(c1ccc(C)cc1)c1cc(Cl)ccc1I. The predicted molar refractivity (Wildman–Crippen MR) is 90.9 cm³/mol. The maximum atomic E-state index is 6.14. The Labute approximate surface area is 133 Å². The van der Waals surface area contributed by atoms with E-state index < -0.39 is 0 Å². The number of rotatable bonds is 4. The molecule has 0 fully saturated rings. The third-order valence-electron chi connectivity index (χ3n) is 3.09. The highest BCUT2D eigenvalue weighted by atomic mass is 127. The Morgan fingerprint density at radius 3 is 2.47 bits per heavy atom. The third-order valence-corrected chi connectivity index (χ3v) is 4.31. The maximum absolute atomic E-state index is 6.14. The first kappa shape index (κ1) is 14.8. The van der Waals surface area contributed by atoms with Crippen molar-refractivity contribution < 1.29 is 0 Å². The van der Waals surface area contributed by atoms with Gasteiger partial charge in [-0.25, -0.2) is 0 Å². The molecular weight excluding hydrogens is 369 g/mol. The molecule has 1 nitrogen and oxygen atoms in total. The van der Waals surface area contributed by atoms with E-state index in [0.29, 0.717) is 0 Å². The molecule has 2 aromatic rings. The molecule has 0 aliphatic rings. The van der Waals surface area contributed by atoms with Crippen LogP contribution in [-0.2, 0) is 0 Å². The minimum atomic E-state index is 0.191. The fraction of sp³-hybridized carbons (Fsp3) is 0.250. The van der Waals surface area contributed by atoms with Crippen molar-refractivity contribution in [1.82, 2.24) is 5.32 Å². The molecule has 3 heteroatoms. The monoisotopic (exact) mass is 385 g/mol. The van der Waals surface area contributed by atoms with Crippen LogP contribution in [-0.4, -0.2) is 6.54 Å². The molecule has 0 saturated carbocycles. The summed E-state index contributed by atoms with van der Waals surface area (Å²) in [5, 5.41) is 4.32. The van der Waals surface area contributed by atoms with Gasteiger partial charge in [0.25, 0.3) is 0 Å². The van der Waals surface area contributed by atoms with Gasteiger partial charge in [-0.05, 0) is 65.4 Å². The van der Waals surface area contributed by atoms with Gasteiger partial charge in [0.2, 0.25) is 0 Å². The van der Waals surface area contributed by atoms with Crippen LogP contribution in [0.15, 0.2) is 42.5 Å². The zero-order valence-corrected chi connectivity index (χ0v) is 14.0. The summed E-state index contributed by atoms with van der Waals surface area (Å²) in [7, 11) is 0. The standard InChI is InChI=1S/C16H17ClIN/c1-3-19-16(12-6-4-11(2)5-7-12)14-10-13(17)8-9-15(14)18/h4-10,16,19H,3H2,1-2H3. The first-order valence-corrected chi connectivity index (χ1v) is 7.82. The normalized spacial score (nSPS) is 12.4. The molecule has 0 saturated heterocycles. The third kappa shape index (κ3) is 3.71. The molecule has 19 heavy (non-hydrogen) atoms. The average molecular weight is 386 g/mol. The highest BCUT2D eigenvalue weighted by molar-refractivity contribution is 14.1. The van der Waals surface area contributed by atoms with Crippen LogP contribution in [0, 0.1) is 10.5 Å². The zero-order chi connectivity index (χ0) is 13.8. The number of halogens is 2. The second-order valence-electron chi connectivity index (χ2n) is 4.57. The first-order chi connectivity index (χ1) is 9.11. The molecule has 1 unspecified atom stereocenters. The van der Waals surface area contributed by atoms with Gasteiger partial charge in [-0.1, -0.05) is 48.4 Å². The average Bonchev–Trinajstić information content (AvgIpc) is 2.40. The largest absolute Gasteiger partial charge is 0.306 e. The van der Waals surface area contributed by atoms with Crippen LogP contribution in [0.3, 0.4) is 0 Å². The minimum Gasteiger partial charge on any atom is -0.306 e. The molecule has 2 aromatic carbocycles. The Bertz CT molecular complexity index is 551. The summed E-state index contributed by atoms with van der Waals surface area (Å²) in [5.74, 6) is 0. The van der Waals surface area contributed by atoms with Crippen LogP contribution in [0.1, 0.15) is 29.7 Å². The highest BCUT2D eigenvalue weighted by Crippen LogP contribution is 2.28.